The molecule has 0 spiro atoms. The first kappa shape index (κ1) is 16.2. The maximum Gasteiger partial charge on any atom is 0.250 e. The lowest BCUT2D eigenvalue weighted by atomic mass is 10.4. The van der Waals surface area contributed by atoms with Crippen molar-refractivity contribution in [1.29, 1.82) is 0 Å². The molecule has 1 amide bonds. The van der Waals surface area contributed by atoms with Crippen molar-refractivity contribution in [2.45, 2.75) is 23.5 Å². The Morgan fingerprint density at radius 3 is 2.80 bits per heavy atom. The zero-order valence-corrected chi connectivity index (χ0v) is 14.5. The molecule has 0 aromatic carbocycles. The number of carbonyl (C=O) groups is 1. The van der Waals surface area contributed by atoms with Crippen molar-refractivity contribution in [3.8, 4) is 0 Å². The Kier molecular flexibility index (Phi) is 5.47. The van der Waals surface area contributed by atoms with Crippen molar-refractivity contribution in [1.82, 2.24) is 9.62 Å². The van der Waals surface area contributed by atoms with Crippen LogP contribution in [-0.4, -0.2) is 38.9 Å². The molecule has 0 radical (unpaired) electrons. The van der Waals surface area contributed by atoms with Gasteiger partial charge in [-0.2, -0.15) is 0 Å². The highest BCUT2D eigenvalue weighted by Crippen LogP contribution is 2.34. The molecular weight excluding hydrogens is 388 g/mol. The Bertz CT molecular complexity index is 583. The molecule has 2 rings (SSSR count). The van der Waals surface area contributed by atoms with E-state index in [1.807, 2.05) is 0 Å². The number of amides is 1. The Morgan fingerprint density at radius 2 is 2.25 bits per heavy atom. The summed E-state index contributed by atoms with van der Waals surface area (Å²) in [7, 11) is -3.52. The number of hydrogen-bond acceptors (Lipinski definition) is 4. The van der Waals surface area contributed by atoms with Gasteiger partial charge in [-0.15, -0.1) is 11.3 Å². The topological polar surface area (TPSA) is 66.5 Å². The zero-order chi connectivity index (χ0) is 14.8. The first-order chi connectivity index (χ1) is 9.40. The van der Waals surface area contributed by atoms with Gasteiger partial charge < -0.3 is 4.90 Å². The van der Waals surface area contributed by atoms with Gasteiger partial charge in [0.2, 0.25) is 15.9 Å². The van der Waals surface area contributed by atoms with Crippen LogP contribution in [0, 0.1) is 0 Å². The molecule has 1 aliphatic heterocycles. The van der Waals surface area contributed by atoms with Gasteiger partial charge in [-0.1, -0.05) is 11.6 Å². The summed E-state index contributed by atoms with van der Waals surface area (Å²) in [4.78, 5) is 13.2. The fraction of sp³-hybridized carbons (Fsp3) is 0.545. The van der Waals surface area contributed by atoms with Gasteiger partial charge in [-0.25, -0.2) is 13.1 Å². The normalized spacial score (nSPS) is 16.1. The summed E-state index contributed by atoms with van der Waals surface area (Å²) >= 11 is 10.1. The molecule has 9 heteroatoms. The quantitative estimate of drug-likeness (QED) is 0.745. The van der Waals surface area contributed by atoms with Crippen LogP contribution >= 0.6 is 38.9 Å². The number of carbonyl (C=O) groups excluding carboxylic acids is 1. The van der Waals surface area contributed by atoms with Crippen molar-refractivity contribution < 1.29 is 13.2 Å². The number of sulfonamides is 1. The monoisotopic (exact) mass is 400 g/mol. The van der Waals surface area contributed by atoms with Crippen LogP contribution in [0.2, 0.25) is 5.02 Å². The maximum atomic E-state index is 12.0. The molecule has 1 saturated heterocycles. The fourth-order valence-electron chi connectivity index (χ4n) is 1.95. The first-order valence-corrected chi connectivity index (χ1v) is 9.59. The number of halogens is 2. The van der Waals surface area contributed by atoms with E-state index in [4.69, 9.17) is 11.6 Å². The Balaban J connectivity index is 1.82. The molecule has 20 heavy (non-hydrogen) atoms. The molecule has 0 bridgehead atoms. The highest BCUT2D eigenvalue weighted by atomic mass is 79.9. The van der Waals surface area contributed by atoms with E-state index in [2.05, 4.69) is 20.7 Å². The zero-order valence-electron chi connectivity index (χ0n) is 10.6. The number of nitrogens with zero attached hydrogens (tertiary/aromatic N) is 1. The van der Waals surface area contributed by atoms with Gasteiger partial charge in [-0.05, 0) is 34.8 Å². The van der Waals surface area contributed by atoms with Gasteiger partial charge in [0.15, 0.2) is 0 Å². The van der Waals surface area contributed by atoms with Crippen molar-refractivity contribution in [2.75, 3.05) is 19.6 Å². The highest BCUT2D eigenvalue weighted by molar-refractivity contribution is 9.11. The molecular formula is C11H14BrClN2O3S2. The van der Waals surface area contributed by atoms with Crippen LogP contribution < -0.4 is 4.72 Å². The number of hydrogen-bond donors (Lipinski definition) is 1. The van der Waals surface area contributed by atoms with Crippen LogP contribution in [0.5, 0.6) is 0 Å². The van der Waals surface area contributed by atoms with Gasteiger partial charge in [-0.3, -0.25) is 4.79 Å². The Hall–Kier alpha value is -0.150. The summed E-state index contributed by atoms with van der Waals surface area (Å²) in [5.74, 6) is 0.154. The van der Waals surface area contributed by atoms with Crippen LogP contribution in [0.4, 0.5) is 0 Å². The van der Waals surface area contributed by atoms with E-state index in [1.54, 1.807) is 4.90 Å². The van der Waals surface area contributed by atoms with Crippen LogP contribution in [0.3, 0.4) is 0 Å². The Morgan fingerprint density at radius 1 is 1.50 bits per heavy atom. The molecule has 1 aliphatic rings. The standard InChI is InChI=1S/C11H14BrClN2O3S2/c12-11-8(13)7-10(19-11)20(17,18)14-4-2-6-15-5-1-3-9(15)16/h7,14H,1-6H2. The van der Waals surface area contributed by atoms with Gasteiger partial charge in [0.1, 0.15) is 4.21 Å². The third kappa shape index (κ3) is 3.94. The molecule has 5 nitrogen and oxygen atoms in total. The Labute approximate surface area is 135 Å². The van der Waals surface area contributed by atoms with Gasteiger partial charge >= 0.3 is 0 Å². The summed E-state index contributed by atoms with van der Waals surface area (Å²) in [5.41, 5.74) is 0. The lowest BCUT2D eigenvalue weighted by Crippen LogP contribution is -2.30. The van der Waals surface area contributed by atoms with Crippen molar-refractivity contribution >= 4 is 54.8 Å². The predicted octanol–water partition coefficient (Wildman–Crippen LogP) is 2.45. The highest BCUT2D eigenvalue weighted by Gasteiger charge is 2.21. The van der Waals surface area contributed by atoms with Gasteiger partial charge in [0, 0.05) is 26.1 Å². The molecule has 0 saturated carbocycles. The van der Waals surface area contributed by atoms with E-state index in [0.717, 1.165) is 24.3 Å². The second kappa shape index (κ2) is 6.74. The second-order valence-electron chi connectivity index (χ2n) is 4.42. The summed E-state index contributed by atoms with van der Waals surface area (Å²) in [6.07, 6.45) is 2.10. The SMILES string of the molecule is O=C1CCCN1CCCNS(=O)(=O)c1cc(Cl)c(Br)s1. The second-order valence-corrected chi connectivity index (χ2v) is 9.19. The number of likely N-dealkylation sites (tertiary alicyclic amines) is 1. The minimum absolute atomic E-state index is 0.154. The largest absolute Gasteiger partial charge is 0.343 e. The molecule has 2 heterocycles. The summed E-state index contributed by atoms with van der Waals surface area (Å²) in [5, 5.41) is 0.387. The van der Waals surface area contributed by atoms with Gasteiger partial charge in [0.25, 0.3) is 0 Å². The lowest BCUT2D eigenvalue weighted by Gasteiger charge is -2.15. The summed E-state index contributed by atoms with van der Waals surface area (Å²) in [6, 6.07) is 1.42. The van der Waals surface area contributed by atoms with Crippen LogP contribution in [-0.2, 0) is 14.8 Å². The molecule has 0 unspecified atom stereocenters. The van der Waals surface area contributed by atoms with Crippen molar-refractivity contribution in [3.05, 3.63) is 14.9 Å². The summed E-state index contributed by atoms with van der Waals surface area (Å²) in [6.45, 7) is 1.68. The minimum atomic E-state index is -3.52. The molecule has 1 aromatic heterocycles. The third-order valence-electron chi connectivity index (χ3n) is 2.96. The van der Waals surface area contributed by atoms with E-state index in [0.29, 0.717) is 34.7 Å². The molecule has 112 valence electrons. The summed E-state index contributed by atoms with van der Waals surface area (Å²) < 4.78 is 27.3. The van der Waals surface area contributed by atoms with E-state index in [-0.39, 0.29) is 10.1 Å². The van der Waals surface area contributed by atoms with Crippen molar-refractivity contribution in [2.24, 2.45) is 0 Å². The molecule has 0 atom stereocenters. The van der Waals surface area contributed by atoms with Crippen LogP contribution in [0.25, 0.3) is 0 Å². The predicted molar refractivity (Wildman–Crippen MR) is 82.6 cm³/mol. The average molecular weight is 402 g/mol. The number of nitrogens with one attached hydrogen (secondary N) is 1. The lowest BCUT2D eigenvalue weighted by molar-refractivity contribution is -0.127. The molecule has 1 aromatic rings. The van der Waals surface area contributed by atoms with E-state index in [9.17, 15) is 13.2 Å². The van der Waals surface area contributed by atoms with Crippen LogP contribution in [0.15, 0.2) is 14.1 Å². The third-order valence-corrected chi connectivity index (χ3v) is 7.37. The van der Waals surface area contributed by atoms with Gasteiger partial charge in [0.05, 0.1) is 8.81 Å². The molecule has 1 fully saturated rings. The number of rotatable bonds is 6. The van der Waals surface area contributed by atoms with Crippen LogP contribution in [0.1, 0.15) is 19.3 Å². The number of thiophene rings is 1. The smallest absolute Gasteiger partial charge is 0.250 e. The average Bonchev–Trinajstić information content (AvgIpc) is 2.93. The minimum Gasteiger partial charge on any atom is -0.343 e. The molecule has 1 N–H and O–H groups in total. The van der Waals surface area contributed by atoms with E-state index >= 15 is 0 Å². The molecule has 0 aliphatic carbocycles. The first-order valence-electron chi connectivity index (χ1n) is 6.12. The van der Waals surface area contributed by atoms with Crippen molar-refractivity contribution in [3.63, 3.8) is 0 Å². The van der Waals surface area contributed by atoms with E-state index < -0.39 is 10.0 Å². The van der Waals surface area contributed by atoms with E-state index in [1.165, 1.54) is 6.07 Å². The fourth-order valence-corrected chi connectivity index (χ4v) is 5.46. The maximum absolute atomic E-state index is 12.0.